The zero-order chi connectivity index (χ0) is 36.6. The first-order valence-electron chi connectivity index (χ1n) is 15.5. The first-order valence-corrected chi connectivity index (χ1v) is 15.5. The number of aliphatic hydroxyl groups is 1. The Morgan fingerprint density at radius 1 is 1.04 bits per heavy atom. The molecule has 0 saturated carbocycles. The first-order chi connectivity index (χ1) is 23.7. The maximum atomic E-state index is 13.1. The molecule has 4 rings (SSSR count). The molecule has 268 valence electrons. The van der Waals surface area contributed by atoms with Crippen molar-refractivity contribution in [2.75, 3.05) is 33.5 Å². The van der Waals surface area contributed by atoms with Crippen LogP contribution in [0.5, 0.6) is 11.5 Å². The highest BCUT2D eigenvalue weighted by atomic mass is 16.7. The summed E-state index contributed by atoms with van der Waals surface area (Å²) in [4.78, 5) is 48.1. The molecule has 2 aromatic carbocycles. The monoisotopic (exact) mass is 697 g/mol. The van der Waals surface area contributed by atoms with Crippen molar-refractivity contribution in [2.24, 2.45) is 5.73 Å². The van der Waals surface area contributed by atoms with Gasteiger partial charge in [-0.25, -0.2) is 9.59 Å². The lowest BCUT2D eigenvalue weighted by molar-refractivity contribution is -0.304. The molecule has 1 amide bonds. The Morgan fingerprint density at radius 3 is 2.40 bits per heavy atom. The van der Waals surface area contributed by atoms with Crippen LogP contribution >= 0.6 is 0 Å². The molecule has 5 N–H and O–H groups in total. The molecule has 0 aliphatic carbocycles. The minimum Gasteiger partial charge on any atom is -0.507 e. The molecular formula is C35H39NO14. The van der Waals surface area contributed by atoms with Gasteiger partial charge in [0.15, 0.2) is 18.0 Å². The number of aliphatic hydroxyl groups excluding tert-OH is 1. The molecule has 2 heterocycles. The second-order valence-electron chi connectivity index (χ2n) is 11.8. The maximum Gasteiger partial charge on any atom is 0.404 e. The molecule has 1 fully saturated rings. The summed E-state index contributed by atoms with van der Waals surface area (Å²) in [6, 6.07) is 9.27. The molecule has 1 aromatic heterocycles. The van der Waals surface area contributed by atoms with Crippen LogP contribution in [0.3, 0.4) is 0 Å². The van der Waals surface area contributed by atoms with Crippen LogP contribution in [0, 0.1) is 18.8 Å². The number of hydrogen-bond acceptors (Lipinski definition) is 13. The van der Waals surface area contributed by atoms with E-state index >= 15 is 0 Å². The Bertz CT molecular complexity index is 1820. The van der Waals surface area contributed by atoms with Crippen molar-refractivity contribution in [3.63, 3.8) is 0 Å². The van der Waals surface area contributed by atoms with Gasteiger partial charge in [0.05, 0.1) is 42.8 Å². The summed E-state index contributed by atoms with van der Waals surface area (Å²) in [6.45, 7) is 5.62. The average molecular weight is 698 g/mol. The van der Waals surface area contributed by atoms with Crippen LogP contribution in [0.4, 0.5) is 4.79 Å². The van der Waals surface area contributed by atoms with Crippen molar-refractivity contribution in [3.05, 3.63) is 69.1 Å². The third-order valence-corrected chi connectivity index (χ3v) is 7.89. The standard InChI is InChI=1S/C35H39NO14/c1-19-25(47-33-28(41)30(49-34(36)43)31(44-4)35(2,3)50-33)12-11-22-27(40)23(32(42)48-29(19)22)18-24(37)21-9-7-20(8-10-21)6-5-14-45-16-17-46-15-13-26(38)39/h7-12,28,30-31,33,40-41H,13-18H2,1-4H3,(H2,36,43)(H,38,39)/t28-,30+,31-,33-/m1/s1. The van der Waals surface area contributed by atoms with E-state index in [-0.39, 0.29) is 66.3 Å². The van der Waals surface area contributed by atoms with Gasteiger partial charge in [-0.3, -0.25) is 9.59 Å². The number of aromatic hydroxyl groups is 1. The number of methoxy groups -OCH3 is 1. The Balaban J connectivity index is 1.43. The van der Waals surface area contributed by atoms with Crippen molar-refractivity contribution >= 4 is 28.8 Å². The minimum absolute atomic E-state index is 0.0110. The zero-order valence-corrected chi connectivity index (χ0v) is 27.9. The van der Waals surface area contributed by atoms with E-state index < -0.39 is 65.8 Å². The van der Waals surface area contributed by atoms with Gasteiger partial charge in [-0.05, 0) is 45.0 Å². The third kappa shape index (κ3) is 9.17. The number of carboxylic acid groups (broad SMARTS) is 1. The molecule has 1 saturated heterocycles. The number of ketones is 1. The molecule has 1 aliphatic heterocycles. The Hall–Kier alpha value is -4.98. The SMILES string of the molecule is CO[C@@H]1[C@@H](OC(N)=O)[C@@H](O)[C@H](Oc2ccc3c(O)c(CC(=O)c4ccc(C#CCOCCOCCC(=O)O)cc4)c(=O)oc3c2C)OC1(C)C. The molecular weight excluding hydrogens is 658 g/mol. The van der Waals surface area contributed by atoms with Crippen LogP contribution in [0.2, 0.25) is 0 Å². The largest absolute Gasteiger partial charge is 0.507 e. The molecule has 0 spiro atoms. The van der Waals surface area contributed by atoms with Gasteiger partial charge in [0.25, 0.3) is 0 Å². The van der Waals surface area contributed by atoms with Gasteiger partial charge < -0.3 is 53.9 Å². The quantitative estimate of drug-likeness (QED) is 0.0822. The first kappa shape index (κ1) is 37.8. The summed E-state index contributed by atoms with van der Waals surface area (Å²) >= 11 is 0. The van der Waals surface area contributed by atoms with Crippen molar-refractivity contribution in [2.45, 2.75) is 63.8 Å². The van der Waals surface area contributed by atoms with Gasteiger partial charge in [0.2, 0.25) is 6.29 Å². The van der Waals surface area contributed by atoms with Gasteiger partial charge in [-0.1, -0.05) is 24.0 Å². The summed E-state index contributed by atoms with van der Waals surface area (Å²) in [5.41, 5.74) is 4.14. The summed E-state index contributed by atoms with van der Waals surface area (Å²) in [5, 5.41) is 30.7. The van der Waals surface area contributed by atoms with Crippen LogP contribution in [0.15, 0.2) is 45.6 Å². The number of Topliss-reactive ketones (excluding diaryl/α,β-unsaturated/α-hetero) is 1. The van der Waals surface area contributed by atoms with E-state index in [1.165, 1.54) is 19.2 Å². The Labute approximate surface area is 286 Å². The van der Waals surface area contributed by atoms with Gasteiger partial charge in [0.1, 0.15) is 29.8 Å². The fraction of sp³-hybridized carbons (Fsp3) is 0.429. The highest BCUT2D eigenvalue weighted by Crippen LogP contribution is 2.37. The summed E-state index contributed by atoms with van der Waals surface area (Å²) in [7, 11) is 1.37. The number of rotatable bonds is 14. The Kier molecular flexibility index (Phi) is 12.6. The lowest BCUT2D eigenvalue weighted by Crippen LogP contribution is -2.65. The van der Waals surface area contributed by atoms with E-state index in [0.29, 0.717) is 5.56 Å². The second-order valence-corrected chi connectivity index (χ2v) is 11.8. The number of aryl methyl sites for hydroxylation is 1. The normalized spacial score (nSPS) is 19.7. The fourth-order valence-electron chi connectivity index (χ4n) is 5.40. The van der Waals surface area contributed by atoms with E-state index in [1.54, 1.807) is 45.0 Å². The van der Waals surface area contributed by atoms with Crippen LogP contribution in [0.1, 0.15) is 47.3 Å². The number of carbonyl (C=O) groups is 3. The number of carbonyl (C=O) groups excluding carboxylic acids is 2. The van der Waals surface area contributed by atoms with Crippen LogP contribution in [0.25, 0.3) is 11.0 Å². The van der Waals surface area contributed by atoms with E-state index in [1.807, 2.05) is 0 Å². The van der Waals surface area contributed by atoms with E-state index in [4.69, 9.17) is 43.7 Å². The van der Waals surface area contributed by atoms with Crippen LogP contribution in [-0.2, 0) is 34.9 Å². The lowest BCUT2D eigenvalue weighted by Gasteiger charge is -2.47. The smallest absolute Gasteiger partial charge is 0.404 e. The number of aliphatic carboxylic acids is 1. The van der Waals surface area contributed by atoms with Crippen molar-refractivity contribution < 1.29 is 62.5 Å². The zero-order valence-electron chi connectivity index (χ0n) is 27.9. The molecule has 0 unspecified atom stereocenters. The van der Waals surface area contributed by atoms with Crippen molar-refractivity contribution in [1.82, 2.24) is 0 Å². The Morgan fingerprint density at radius 2 is 1.74 bits per heavy atom. The fourth-order valence-corrected chi connectivity index (χ4v) is 5.40. The highest BCUT2D eigenvalue weighted by molar-refractivity contribution is 5.99. The molecule has 0 bridgehead atoms. The van der Waals surface area contributed by atoms with E-state index in [9.17, 15) is 29.4 Å². The van der Waals surface area contributed by atoms with Crippen LogP contribution < -0.4 is 16.1 Å². The maximum absolute atomic E-state index is 13.1. The number of fused-ring (bicyclic) bond motifs is 1. The molecule has 50 heavy (non-hydrogen) atoms. The number of nitrogens with two attached hydrogens (primary N) is 1. The summed E-state index contributed by atoms with van der Waals surface area (Å²) in [6.07, 6.45) is -6.63. The highest BCUT2D eigenvalue weighted by Gasteiger charge is 2.53. The number of carboxylic acids is 1. The molecule has 15 nitrogen and oxygen atoms in total. The van der Waals surface area contributed by atoms with Gasteiger partial charge in [-0.15, -0.1) is 0 Å². The molecule has 4 atom stereocenters. The second kappa shape index (κ2) is 16.6. The van der Waals surface area contributed by atoms with Gasteiger partial charge >= 0.3 is 17.7 Å². The van der Waals surface area contributed by atoms with E-state index in [0.717, 1.165) is 0 Å². The molecule has 15 heteroatoms. The van der Waals surface area contributed by atoms with Crippen LogP contribution in [-0.4, -0.2) is 96.9 Å². The number of benzene rings is 2. The summed E-state index contributed by atoms with van der Waals surface area (Å²) < 4.78 is 38.4. The molecule has 1 aliphatic rings. The topological polar surface area (TPSA) is 224 Å². The third-order valence-electron chi connectivity index (χ3n) is 7.89. The van der Waals surface area contributed by atoms with Crippen molar-refractivity contribution in [1.29, 1.82) is 0 Å². The summed E-state index contributed by atoms with van der Waals surface area (Å²) in [5.74, 6) is 4.06. The lowest BCUT2D eigenvalue weighted by atomic mass is 9.89. The van der Waals surface area contributed by atoms with Gasteiger partial charge in [-0.2, -0.15) is 0 Å². The predicted octanol–water partition coefficient (Wildman–Crippen LogP) is 2.45. The molecule has 0 radical (unpaired) electrons. The molecule has 3 aromatic rings. The van der Waals surface area contributed by atoms with E-state index in [2.05, 4.69) is 11.8 Å². The van der Waals surface area contributed by atoms with Gasteiger partial charge in [0, 0.05) is 30.2 Å². The van der Waals surface area contributed by atoms with Crippen molar-refractivity contribution in [3.8, 4) is 23.3 Å². The predicted molar refractivity (Wildman–Crippen MR) is 175 cm³/mol. The minimum atomic E-state index is -1.52. The number of ether oxygens (including phenoxy) is 6. The number of hydrogen-bond donors (Lipinski definition) is 4. The number of amides is 1. The average Bonchev–Trinajstić information content (AvgIpc) is 3.05. The number of primary amides is 1.